The topological polar surface area (TPSA) is 38.8 Å². The first-order chi connectivity index (χ1) is 12.7. The van der Waals surface area contributed by atoms with E-state index in [1.807, 2.05) is 13.0 Å². The Bertz CT molecular complexity index is 761. The molecule has 1 aromatic carbocycles. The predicted octanol–water partition coefficient (Wildman–Crippen LogP) is 3.26. The Morgan fingerprint density at radius 1 is 1.27 bits per heavy atom. The van der Waals surface area contributed by atoms with Crippen LogP contribution in [0.3, 0.4) is 0 Å². The maximum Gasteiger partial charge on any atom is 0.147 e. The summed E-state index contributed by atoms with van der Waals surface area (Å²) < 4.78 is 11.2. The van der Waals surface area contributed by atoms with E-state index in [2.05, 4.69) is 42.2 Å². The molecule has 3 aliphatic rings. The minimum atomic E-state index is -0.602. The molecule has 4 heteroatoms. The number of carbonyl (C=O) groups is 1. The van der Waals surface area contributed by atoms with Crippen molar-refractivity contribution in [2.45, 2.75) is 32.1 Å². The van der Waals surface area contributed by atoms with Crippen molar-refractivity contribution in [1.82, 2.24) is 4.90 Å². The van der Waals surface area contributed by atoms with Gasteiger partial charge in [-0.3, -0.25) is 4.79 Å². The van der Waals surface area contributed by atoms with Crippen molar-refractivity contribution >= 4 is 5.78 Å². The van der Waals surface area contributed by atoms with E-state index < -0.39 is 5.41 Å². The fraction of sp³-hybridized carbons (Fsp3) is 0.500. The second-order valence-electron chi connectivity index (χ2n) is 7.34. The summed E-state index contributed by atoms with van der Waals surface area (Å²) >= 11 is 0. The summed E-state index contributed by atoms with van der Waals surface area (Å²) in [7, 11) is 0. The summed E-state index contributed by atoms with van der Waals surface area (Å²) in [6, 6.07) is 6.31. The smallest absolute Gasteiger partial charge is 0.147 e. The highest BCUT2D eigenvalue weighted by atomic mass is 16.5. The Kier molecular flexibility index (Phi) is 4.62. The normalized spacial score (nSPS) is 27.7. The summed E-state index contributed by atoms with van der Waals surface area (Å²) in [6.45, 7) is 8.17. The van der Waals surface area contributed by atoms with E-state index >= 15 is 0 Å². The first-order valence-electron chi connectivity index (χ1n) is 9.68. The Morgan fingerprint density at radius 3 is 2.85 bits per heavy atom. The Balaban J connectivity index is 1.76. The van der Waals surface area contributed by atoms with Gasteiger partial charge in [0, 0.05) is 37.5 Å². The molecule has 0 bridgehead atoms. The average molecular weight is 353 g/mol. The lowest BCUT2D eigenvalue weighted by molar-refractivity contribution is -0.124. The molecule has 0 radical (unpaired) electrons. The number of ether oxygens (including phenoxy) is 2. The van der Waals surface area contributed by atoms with Crippen LogP contribution >= 0.6 is 0 Å². The number of allylic oxidation sites excluding steroid dienone is 4. The van der Waals surface area contributed by atoms with Crippen LogP contribution in [0.2, 0.25) is 0 Å². The van der Waals surface area contributed by atoms with Crippen LogP contribution in [0.25, 0.3) is 0 Å². The molecule has 4 nitrogen and oxygen atoms in total. The van der Waals surface area contributed by atoms with E-state index in [1.54, 1.807) is 0 Å². The molecule has 2 atom stereocenters. The third-order valence-electron chi connectivity index (χ3n) is 6.08. The first-order valence-corrected chi connectivity index (χ1v) is 9.68. The molecule has 2 heterocycles. The Labute approximate surface area is 155 Å². The van der Waals surface area contributed by atoms with Crippen LogP contribution in [0.15, 0.2) is 42.1 Å². The summed E-state index contributed by atoms with van der Waals surface area (Å²) in [5.74, 6) is 1.33. The molecule has 1 aliphatic carbocycles. The molecule has 2 unspecified atom stereocenters. The summed E-state index contributed by atoms with van der Waals surface area (Å²) in [5, 5.41) is 0. The van der Waals surface area contributed by atoms with E-state index in [0.29, 0.717) is 6.42 Å². The molecule has 0 N–H and O–H groups in total. The second-order valence-corrected chi connectivity index (χ2v) is 7.34. The number of fused-ring (bicyclic) bond motifs is 1. The number of Topliss-reactive ketones (excluding diaryl/α,β-unsaturated/α-hetero) is 1. The van der Waals surface area contributed by atoms with Gasteiger partial charge in [-0.15, -0.1) is 0 Å². The lowest BCUT2D eigenvalue weighted by atomic mass is 9.64. The molecule has 2 aliphatic heterocycles. The van der Waals surface area contributed by atoms with E-state index in [4.69, 9.17) is 9.47 Å². The van der Waals surface area contributed by atoms with Crippen molar-refractivity contribution in [1.29, 1.82) is 0 Å². The number of ketones is 1. The summed E-state index contributed by atoms with van der Waals surface area (Å²) in [5.41, 5.74) is 2.95. The number of rotatable bonds is 4. The number of morpholine rings is 1. The van der Waals surface area contributed by atoms with Crippen molar-refractivity contribution in [2.24, 2.45) is 5.92 Å². The molecule has 1 fully saturated rings. The number of hydrogen-bond donors (Lipinski definition) is 0. The van der Waals surface area contributed by atoms with Crippen molar-refractivity contribution in [3.63, 3.8) is 0 Å². The molecule has 1 aromatic rings. The lowest BCUT2D eigenvalue weighted by Gasteiger charge is -2.44. The van der Waals surface area contributed by atoms with Gasteiger partial charge >= 0.3 is 0 Å². The Morgan fingerprint density at radius 2 is 2.08 bits per heavy atom. The van der Waals surface area contributed by atoms with Gasteiger partial charge in [-0.2, -0.15) is 0 Å². The molecular formula is C22H27NO3. The van der Waals surface area contributed by atoms with E-state index in [-0.39, 0.29) is 11.7 Å². The highest BCUT2D eigenvalue weighted by molar-refractivity contribution is 5.93. The molecule has 26 heavy (non-hydrogen) atoms. The maximum absolute atomic E-state index is 13.3. The number of carbonyl (C=O) groups excluding carboxylic acids is 1. The maximum atomic E-state index is 13.3. The monoisotopic (exact) mass is 353 g/mol. The average Bonchev–Trinajstić information content (AvgIpc) is 3.16. The molecule has 0 aromatic heterocycles. The SMILES string of the molecule is CCC(=O)C1(c2ccc3c(c2)CCO3)C=CC=C(N2CCOCC2)C1C. The molecule has 0 saturated carbocycles. The van der Waals surface area contributed by atoms with Crippen molar-refractivity contribution in [2.75, 3.05) is 32.9 Å². The Hall–Kier alpha value is -2.07. The van der Waals surface area contributed by atoms with Crippen LogP contribution in [0, 0.1) is 5.92 Å². The summed E-state index contributed by atoms with van der Waals surface area (Å²) in [6.07, 6.45) is 7.81. The predicted molar refractivity (Wildman–Crippen MR) is 101 cm³/mol. The minimum absolute atomic E-state index is 0.0958. The van der Waals surface area contributed by atoms with Gasteiger partial charge in [0.15, 0.2) is 0 Å². The number of hydrogen-bond acceptors (Lipinski definition) is 4. The van der Waals surface area contributed by atoms with Crippen LogP contribution < -0.4 is 4.74 Å². The second kappa shape index (κ2) is 6.92. The minimum Gasteiger partial charge on any atom is -0.493 e. The van der Waals surface area contributed by atoms with E-state index in [0.717, 1.165) is 50.6 Å². The zero-order valence-corrected chi connectivity index (χ0v) is 15.7. The van der Waals surface area contributed by atoms with Crippen LogP contribution in [-0.4, -0.2) is 43.6 Å². The van der Waals surface area contributed by atoms with Gasteiger partial charge < -0.3 is 14.4 Å². The highest BCUT2D eigenvalue weighted by Gasteiger charge is 2.46. The molecule has 0 amide bonds. The standard InChI is InChI=1S/C22H27NO3/c1-3-21(24)22(18-6-7-20-17(15-18)8-12-26-20)9-4-5-19(16(22)2)23-10-13-25-14-11-23/h4-7,9,15-16H,3,8,10-14H2,1-2H3. The van der Waals surface area contributed by atoms with Crippen molar-refractivity contribution < 1.29 is 14.3 Å². The molecule has 138 valence electrons. The van der Waals surface area contributed by atoms with Gasteiger partial charge in [-0.05, 0) is 23.3 Å². The fourth-order valence-corrected chi connectivity index (χ4v) is 4.60. The molecule has 4 rings (SSSR count). The van der Waals surface area contributed by atoms with Crippen molar-refractivity contribution in [3.8, 4) is 5.75 Å². The van der Waals surface area contributed by atoms with E-state index in [9.17, 15) is 4.79 Å². The van der Waals surface area contributed by atoms with Crippen LogP contribution in [0.5, 0.6) is 5.75 Å². The van der Waals surface area contributed by atoms with Crippen LogP contribution in [0.1, 0.15) is 31.4 Å². The van der Waals surface area contributed by atoms with Gasteiger partial charge in [0.05, 0.1) is 25.2 Å². The van der Waals surface area contributed by atoms with Gasteiger partial charge in [0.2, 0.25) is 0 Å². The zero-order chi connectivity index (χ0) is 18.1. The quantitative estimate of drug-likeness (QED) is 0.833. The van der Waals surface area contributed by atoms with E-state index in [1.165, 1.54) is 11.3 Å². The third-order valence-corrected chi connectivity index (χ3v) is 6.08. The molecule has 0 spiro atoms. The molecular weight excluding hydrogens is 326 g/mol. The first kappa shape index (κ1) is 17.3. The number of benzene rings is 1. The summed E-state index contributed by atoms with van der Waals surface area (Å²) in [4.78, 5) is 15.7. The zero-order valence-electron chi connectivity index (χ0n) is 15.7. The van der Waals surface area contributed by atoms with Crippen molar-refractivity contribution in [3.05, 3.63) is 53.3 Å². The van der Waals surface area contributed by atoms with Gasteiger partial charge in [-0.1, -0.05) is 38.1 Å². The van der Waals surface area contributed by atoms with Gasteiger partial charge in [0.1, 0.15) is 11.5 Å². The van der Waals surface area contributed by atoms with Crippen LogP contribution in [0.4, 0.5) is 0 Å². The van der Waals surface area contributed by atoms with Gasteiger partial charge in [0.25, 0.3) is 0 Å². The fourth-order valence-electron chi connectivity index (χ4n) is 4.60. The third kappa shape index (κ3) is 2.67. The van der Waals surface area contributed by atoms with Crippen LogP contribution in [-0.2, 0) is 21.4 Å². The molecule has 1 saturated heterocycles. The largest absolute Gasteiger partial charge is 0.493 e. The lowest BCUT2D eigenvalue weighted by Crippen LogP contribution is -2.47. The highest BCUT2D eigenvalue weighted by Crippen LogP contribution is 2.44. The van der Waals surface area contributed by atoms with Gasteiger partial charge in [-0.25, -0.2) is 0 Å². The number of nitrogens with zero attached hydrogens (tertiary/aromatic N) is 1.